The molecule has 31 heavy (non-hydrogen) atoms. The van der Waals surface area contributed by atoms with E-state index >= 15 is 0 Å². The van der Waals surface area contributed by atoms with Gasteiger partial charge in [-0.1, -0.05) is 66.2 Å². The lowest BCUT2D eigenvalue weighted by molar-refractivity contribution is 0.117. The van der Waals surface area contributed by atoms with Crippen LogP contribution in [0.2, 0.25) is 5.02 Å². The molecule has 0 radical (unpaired) electrons. The van der Waals surface area contributed by atoms with E-state index in [4.69, 9.17) is 16.6 Å². The molecule has 2 aliphatic rings. The van der Waals surface area contributed by atoms with E-state index in [0.29, 0.717) is 0 Å². The van der Waals surface area contributed by atoms with Gasteiger partial charge in [-0.2, -0.15) is 0 Å². The molecule has 1 aromatic heterocycles. The molecule has 5 rings (SSSR count). The molecule has 0 spiro atoms. The minimum Gasteiger partial charge on any atom is -0.297 e. The van der Waals surface area contributed by atoms with Crippen LogP contribution in [-0.2, 0) is 12.8 Å². The van der Waals surface area contributed by atoms with Gasteiger partial charge in [0.15, 0.2) is 0 Å². The van der Waals surface area contributed by atoms with Crippen molar-refractivity contribution in [3.05, 3.63) is 106 Å². The number of piperazine rings is 1. The monoisotopic (exact) mass is 429 g/mol. The Morgan fingerprint density at radius 3 is 2.58 bits per heavy atom. The summed E-state index contributed by atoms with van der Waals surface area (Å²) in [6.07, 6.45) is 8.45. The molecule has 0 saturated carbocycles. The van der Waals surface area contributed by atoms with Crippen molar-refractivity contribution >= 4 is 17.7 Å². The normalized spacial score (nSPS) is 19.7. The molecule has 1 aliphatic heterocycles. The summed E-state index contributed by atoms with van der Waals surface area (Å²) in [5.41, 5.74) is 6.60. The van der Waals surface area contributed by atoms with Crippen molar-refractivity contribution < 1.29 is 0 Å². The molecule has 3 aromatic rings. The molecule has 2 aromatic carbocycles. The van der Waals surface area contributed by atoms with Crippen molar-refractivity contribution in [3.8, 4) is 0 Å². The average molecular weight is 430 g/mol. The first kappa shape index (κ1) is 20.4. The summed E-state index contributed by atoms with van der Waals surface area (Å²) in [6.45, 7) is 5.23. The van der Waals surface area contributed by atoms with Crippen molar-refractivity contribution in [1.82, 2.24) is 14.8 Å². The van der Waals surface area contributed by atoms with Crippen LogP contribution in [0, 0.1) is 0 Å². The predicted molar refractivity (Wildman–Crippen MR) is 128 cm³/mol. The van der Waals surface area contributed by atoms with Crippen LogP contribution in [0.3, 0.4) is 0 Å². The van der Waals surface area contributed by atoms with Gasteiger partial charge in [0.05, 0.1) is 6.04 Å². The van der Waals surface area contributed by atoms with Crippen molar-refractivity contribution in [2.45, 2.75) is 18.9 Å². The van der Waals surface area contributed by atoms with E-state index in [1.807, 2.05) is 12.3 Å². The second-order valence-electron chi connectivity index (χ2n) is 8.43. The number of hydrogen-bond acceptors (Lipinski definition) is 3. The first-order valence-electron chi connectivity index (χ1n) is 11.2. The van der Waals surface area contributed by atoms with E-state index in [1.165, 1.54) is 27.9 Å². The topological polar surface area (TPSA) is 19.4 Å². The van der Waals surface area contributed by atoms with E-state index in [0.717, 1.165) is 50.6 Å². The molecule has 3 nitrogen and oxygen atoms in total. The highest BCUT2D eigenvalue weighted by atomic mass is 35.5. The number of benzene rings is 2. The Morgan fingerprint density at radius 2 is 1.74 bits per heavy atom. The number of rotatable bonds is 4. The molecule has 1 aliphatic carbocycles. The summed E-state index contributed by atoms with van der Waals surface area (Å²) in [4.78, 5) is 9.90. The maximum atomic E-state index is 6.44. The van der Waals surface area contributed by atoms with Crippen molar-refractivity contribution in [3.63, 3.8) is 0 Å². The zero-order valence-electron chi connectivity index (χ0n) is 17.8. The number of nitrogens with zero attached hydrogens (tertiary/aromatic N) is 3. The molecule has 0 amide bonds. The Balaban J connectivity index is 1.33. The van der Waals surface area contributed by atoms with Crippen LogP contribution in [-0.4, -0.2) is 47.5 Å². The van der Waals surface area contributed by atoms with Crippen LogP contribution < -0.4 is 0 Å². The van der Waals surface area contributed by atoms with E-state index < -0.39 is 0 Å². The second kappa shape index (κ2) is 9.35. The van der Waals surface area contributed by atoms with Gasteiger partial charge in [0.2, 0.25) is 0 Å². The van der Waals surface area contributed by atoms with Gasteiger partial charge >= 0.3 is 0 Å². The van der Waals surface area contributed by atoms with Crippen molar-refractivity contribution in [1.29, 1.82) is 0 Å². The van der Waals surface area contributed by atoms with Gasteiger partial charge in [-0.3, -0.25) is 14.8 Å². The fourth-order valence-electron chi connectivity index (χ4n) is 4.88. The fourth-order valence-corrected chi connectivity index (χ4v) is 5.06. The zero-order chi connectivity index (χ0) is 21.0. The van der Waals surface area contributed by atoms with Crippen molar-refractivity contribution in [2.24, 2.45) is 0 Å². The minimum atomic E-state index is 0.238. The third kappa shape index (κ3) is 4.59. The lowest BCUT2D eigenvalue weighted by Crippen LogP contribution is -2.48. The second-order valence-corrected chi connectivity index (χ2v) is 8.87. The molecule has 1 unspecified atom stereocenters. The molecular formula is C27H28ClN3. The van der Waals surface area contributed by atoms with Crippen LogP contribution >= 0.6 is 11.6 Å². The zero-order valence-corrected chi connectivity index (χ0v) is 18.5. The quantitative estimate of drug-likeness (QED) is 0.564. The van der Waals surface area contributed by atoms with E-state index in [-0.39, 0.29) is 6.04 Å². The minimum absolute atomic E-state index is 0.238. The number of fused-ring (bicyclic) bond motifs is 2. The smallest absolute Gasteiger partial charge is 0.0623 e. The van der Waals surface area contributed by atoms with Gasteiger partial charge in [-0.15, -0.1) is 0 Å². The predicted octanol–water partition coefficient (Wildman–Crippen LogP) is 5.25. The molecule has 1 atom stereocenters. The third-order valence-electron chi connectivity index (χ3n) is 6.50. The number of aryl methyl sites for hydroxylation is 2. The maximum absolute atomic E-state index is 6.44. The van der Waals surface area contributed by atoms with Gasteiger partial charge in [0, 0.05) is 49.6 Å². The molecule has 0 bridgehead atoms. The fraction of sp³-hybridized carbons (Fsp3) is 0.296. The first-order valence-corrected chi connectivity index (χ1v) is 11.6. The lowest BCUT2D eigenvalue weighted by Gasteiger charge is -2.40. The molecule has 0 N–H and O–H groups in total. The van der Waals surface area contributed by atoms with Gasteiger partial charge in [-0.05, 0) is 53.3 Å². The van der Waals surface area contributed by atoms with Crippen LogP contribution in [0.1, 0.15) is 34.0 Å². The standard InChI is InChI=1S/C27H28ClN3/c28-23-12-10-22-11-13-26-24(9-4-14-29-26)27(25(22)20-23)31-18-16-30(17-19-31)15-5-8-21-6-2-1-3-7-21/h1-10,12,14,20,27H,11,13,15-19H2. The molecule has 158 valence electrons. The number of hydrogen-bond donors (Lipinski definition) is 0. The van der Waals surface area contributed by atoms with Gasteiger partial charge in [0.25, 0.3) is 0 Å². The highest BCUT2D eigenvalue weighted by molar-refractivity contribution is 6.30. The van der Waals surface area contributed by atoms with Crippen LogP contribution in [0.4, 0.5) is 0 Å². The van der Waals surface area contributed by atoms with Gasteiger partial charge < -0.3 is 0 Å². The van der Waals surface area contributed by atoms with Crippen molar-refractivity contribution in [2.75, 3.05) is 32.7 Å². The van der Waals surface area contributed by atoms with E-state index in [2.05, 4.69) is 76.5 Å². The molecule has 1 saturated heterocycles. The Hall–Kier alpha value is -2.46. The summed E-state index contributed by atoms with van der Waals surface area (Å²) >= 11 is 6.44. The maximum Gasteiger partial charge on any atom is 0.0623 e. The van der Waals surface area contributed by atoms with E-state index in [9.17, 15) is 0 Å². The molecule has 4 heteroatoms. The molecule has 2 heterocycles. The number of aromatic nitrogens is 1. The SMILES string of the molecule is Clc1ccc2c(c1)C(N1CCN(CC=Cc3ccccc3)CC1)c1cccnc1CC2. The summed E-state index contributed by atoms with van der Waals surface area (Å²) in [6, 6.07) is 21.5. The van der Waals surface area contributed by atoms with Crippen LogP contribution in [0.5, 0.6) is 0 Å². The highest BCUT2D eigenvalue weighted by Crippen LogP contribution is 2.37. The van der Waals surface area contributed by atoms with Gasteiger partial charge in [-0.25, -0.2) is 0 Å². The Labute approximate surface area is 190 Å². The van der Waals surface area contributed by atoms with Crippen LogP contribution in [0.25, 0.3) is 6.08 Å². The Morgan fingerprint density at radius 1 is 0.903 bits per heavy atom. The van der Waals surface area contributed by atoms with Crippen LogP contribution in [0.15, 0.2) is 72.9 Å². The Bertz CT molecular complexity index is 1060. The molecular weight excluding hydrogens is 402 g/mol. The van der Waals surface area contributed by atoms with Gasteiger partial charge in [0.1, 0.15) is 0 Å². The number of halogens is 1. The summed E-state index contributed by atoms with van der Waals surface area (Å²) in [7, 11) is 0. The number of pyridine rings is 1. The summed E-state index contributed by atoms with van der Waals surface area (Å²) in [5, 5.41) is 0.820. The lowest BCUT2D eigenvalue weighted by atomic mass is 9.94. The summed E-state index contributed by atoms with van der Waals surface area (Å²) in [5.74, 6) is 0. The third-order valence-corrected chi connectivity index (χ3v) is 6.73. The average Bonchev–Trinajstić information content (AvgIpc) is 2.97. The summed E-state index contributed by atoms with van der Waals surface area (Å²) < 4.78 is 0. The first-order chi connectivity index (χ1) is 15.3. The highest BCUT2D eigenvalue weighted by Gasteiger charge is 2.31. The van der Waals surface area contributed by atoms with E-state index in [1.54, 1.807) is 0 Å². The largest absolute Gasteiger partial charge is 0.297 e. The molecule has 1 fully saturated rings. The Kier molecular flexibility index (Phi) is 6.17.